The van der Waals surface area contributed by atoms with Gasteiger partial charge in [0.25, 0.3) is 5.91 Å². The van der Waals surface area contributed by atoms with E-state index >= 15 is 0 Å². The first-order valence-electron chi connectivity index (χ1n) is 9.65. The summed E-state index contributed by atoms with van der Waals surface area (Å²) >= 11 is 0. The number of nitrogens with one attached hydrogen (secondary N) is 1. The number of esters is 1. The summed E-state index contributed by atoms with van der Waals surface area (Å²) in [5, 5.41) is 2.73. The van der Waals surface area contributed by atoms with Crippen LogP contribution < -0.4 is 10.2 Å². The first-order chi connectivity index (χ1) is 13.6. The van der Waals surface area contributed by atoms with Crippen LogP contribution in [0, 0.1) is 5.82 Å². The minimum absolute atomic E-state index is 0.00189. The average molecular weight is 384 g/mol. The van der Waals surface area contributed by atoms with Crippen LogP contribution in [0.15, 0.2) is 48.5 Å². The Bertz CT molecular complexity index is 782. The van der Waals surface area contributed by atoms with E-state index in [0.717, 1.165) is 18.8 Å². The second-order valence-electron chi connectivity index (χ2n) is 6.96. The van der Waals surface area contributed by atoms with E-state index in [9.17, 15) is 14.0 Å². The fourth-order valence-electron chi connectivity index (χ4n) is 3.25. The topological polar surface area (TPSA) is 58.6 Å². The minimum Gasteiger partial charge on any atom is -0.455 e. The molecule has 1 N–H and O–H groups in total. The highest BCUT2D eigenvalue weighted by Gasteiger charge is 2.11. The molecule has 1 saturated heterocycles. The Morgan fingerprint density at radius 1 is 0.929 bits per heavy atom. The smallest absolute Gasteiger partial charge is 0.310 e. The van der Waals surface area contributed by atoms with Crippen molar-refractivity contribution in [2.24, 2.45) is 0 Å². The van der Waals surface area contributed by atoms with E-state index in [1.807, 2.05) is 24.3 Å². The summed E-state index contributed by atoms with van der Waals surface area (Å²) in [5.41, 5.74) is 2.46. The van der Waals surface area contributed by atoms with Crippen molar-refractivity contribution in [3.63, 3.8) is 0 Å². The number of nitrogens with zero attached hydrogens (tertiary/aromatic N) is 1. The lowest BCUT2D eigenvalue weighted by molar-refractivity contribution is -0.146. The van der Waals surface area contributed by atoms with Crippen LogP contribution in [0.5, 0.6) is 0 Å². The fourth-order valence-corrected chi connectivity index (χ4v) is 3.25. The van der Waals surface area contributed by atoms with Gasteiger partial charge in [-0.1, -0.05) is 25.0 Å². The average Bonchev–Trinajstić information content (AvgIpc) is 2.98. The van der Waals surface area contributed by atoms with E-state index in [4.69, 9.17) is 4.74 Å². The Labute approximate surface area is 164 Å². The van der Waals surface area contributed by atoms with Gasteiger partial charge in [-0.05, 0) is 54.8 Å². The predicted octanol–water partition coefficient (Wildman–Crippen LogP) is 3.93. The zero-order valence-corrected chi connectivity index (χ0v) is 15.8. The lowest BCUT2D eigenvalue weighted by Crippen LogP contribution is -2.24. The molecule has 0 aliphatic carbocycles. The lowest BCUT2D eigenvalue weighted by atomic mass is 10.1. The molecule has 0 radical (unpaired) electrons. The molecule has 28 heavy (non-hydrogen) atoms. The number of carbonyl (C=O) groups excluding carboxylic acids is 2. The number of carbonyl (C=O) groups is 2. The summed E-state index contributed by atoms with van der Waals surface area (Å²) in [6.45, 7) is 1.78. The van der Waals surface area contributed by atoms with E-state index in [-0.39, 0.29) is 18.8 Å². The van der Waals surface area contributed by atoms with Gasteiger partial charge in [-0.25, -0.2) is 4.39 Å². The first-order valence-corrected chi connectivity index (χ1v) is 9.65. The molecule has 0 spiro atoms. The number of anilines is 2. The van der Waals surface area contributed by atoms with E-state index in [1.54, 1.807) is 0 Å². The second kappa shape index (κ2) is 9.88. The maximum absolute atomic E-state index is 12.9. The van der Waals surface area contributed by atoms with Gasteiger partial charge in [-0.2, -0.15) is 0 Å². The molecule has 3 rings (SSSR count). The third kappa shape index (κ3) is 6.08. The van der Waals surface area contributed by atoms with Crippen molar-refractivity contribution in [1.29, 1.82) is 0 Å². The summed E-state index contributed by atoms with van der Waals surface area (Å²) in [6.07, 6.45) is 4.98. The molecule has 0 atom stereocenters. The lowest BCUT2D eigenvalue weighted by Gasteiger charge is -2.22. The number of hydrogen-bond donors (Lipinski definition) is 1. The van der Waals surface area contributed by atoms with Gasteiger partial charge in [0, 0.05) is 24.5 Å². The van der Waals surface area contributed by atoms with E-state index in [2.05, 4.69) is 10.2 Å². The van der Waals surface area contributed by atoms with E-state index in [1.165, 1.54) is 49.9 Å². The van der Waals surface area contributed by atoms with Crippen LogP contribution in [0.25, 0.3) is 0 Å². The Morgan fingerprint density at radius 2 is 1.57 bits per heavy atom. The van der Waals surface area contributed by atoms with Crippen molar-refractivity contribution in [3.8, 4) is 0 Å². The molecular formula is C22H25FN2O3. The Kier molecular flexibility index (Phi) is 7.00. The van der Waals surface area contributed by atoms with E-state index in [0.29, 0.717) is 11.3 Å². The molecule has 2 aromatic carbocycles. The molecule has 2 aromatic rings. The number of amides is 1. The van der Waals surface area contributed by atoms with Crippen molar-refractivity contribution in [3.05, 3.63) is 59.9 Å². The van der Waals surface area contributed by atoms with Gasteiger partial charge in [-0.3, -0.25) is 9.59 Å². The molecule has 6 heteroatoms. The van der Waals surface area contributed by atoms with Gasteiger partial charge < -0.3 is 15.0 Å². The van der Waals surface area contributed by atoms with Gasteiger partial charge in [0.1, 0.15) is 5.82 Å². The van der Waals surface area contributed by atoms with Crippen LogP contribution in [-0.4, -0.2) is 31.6 Å². The van der Waals surface area contributed by atoms with Crippen molar-refractivity contribution in [1.82, 2.24) is 0 Å². The molecule has 0 saturated carbocycles. The molecule has 1 aliphatic heterocycles. The highest BCUT2D eigenvalue weighted by Crippen LogP contribution is 2.21. The van der Waals surface area contributed by atoms with Crippen LogP contribution >= 0.6 is 0 Å². The SMILES string of the molecule is O=C(COC(=O)Cc1ccc(F)cc1)Nc1ccc(N2CCCCCC2)cc1. The van der Waals surface area contributed by atoms with Gasteiger partial charge >= 0.3 is 5.97 Å². The molecule has 1 heterocycles. The Hall–Kier alpha value is -2.89. The molecule has 0 aromatic heterocycles. The molecular weight excluding hydrogens is 359 g/mol. The summed E-state index contributed by atoms with van der Waals surface area (Å²) < 4.78 is 17.9. The summed E-state index contributed by atoms with van der Waals surface area (Å²) in [6, 6.07) is 13.3. The number of rotatable bonds is 6. The zero-order valence-electron chi connectivity index (χ0n) is 15.8. The predicted molar refractivity (Wildman–Crippen MR) is 107 cm³/mol. The number of hydrogen-bond acceptors (Lipinski definition) is 4. The maximum Gasteiger partial charge on any atom is 0.310 e. The second-order valence-corrected chi connectivity index (χ2v) is 6.96. The zero-order chi connectivity index (χ0) is 19.8. The maximum atomic E-state index is 12.9. The third-order valence-corrected chi connectivity index (χ3v) is 4.75. The molecule has 1 fully saturated rings. The van der Waals surface area contributed by atoms with Crippen LogP contribution in [-0.2, 0) is 20.7 Å². The van der Waals surface area contributed by atoms with Crippen LogP contribution in [0.1, 0.15) is 31.2 Å². The third-order valence-electron chi connectivity index (χ3n) is 4.75. The highest BCUT2D eigenvalue weighted by atomic mass is 19.1. The van der Waals surface area contributed by atoms with Gasteiger partial charge in [0.2, 0.25) is 0 Å². The first kappa shape index (κ1) is 19.9. The molecule has 0 bridgehead atoms. The monoisotopic (exact) mass is 384 g/mol. The number of halogens is 1. The van der Waals surface area contributed by atoms with Crippen LogP contribution in [0.4, 0.5) is 15.8 Å². The minimum atomic E-state index is -0.529. The van der Waals surface area contributed by atoms with Crippen LogP contribution in [0.3, 0.4) is 0 Å². The highest BCUT2D eigenvalue weighted by molar-refractivity contribution is 5.93. The summed E-state index contributed by atoms with van der Waals surface area (Å²) in [4.78, 5) is 26.2. The van der Waals surface area contributed by atoms with Crippen molar-refractivity contribution in [2.75, 3.05) is 29.9 Å². The fraction of sp³-hybridized carbons (Fsp3) is 0.364. The Morgan fingerprint density at radius 3 is 2.21 bits per heavy atom. The van der Waals surface area contributed by atoms with Gasteiger partial charge in [0.15, 0.2) is 6.61 Å². The van der Waals surface area contributed by atoms with Gasteiger partial charge in [0.05, 0.1) is 6.42 Å². The van der Waals surface area contributed by atoms with Crippen LogP contribution in [0.2, 0.25) is 0 Å². The van der Waals surface area contributed by atoms with E-state index < -0.39 is 11.9 Å². The molecule has 1 aliphatic rings. The van der Waals surface area contributed by atoms with Gasteiger partial charge in [-0.15, -0.1) is 0 Å². The molecule has 5 nitrogen and oxygen atoms in total. The van der Waals surface area contributed by atoms with Crippen molar-refractivity contribution >= 4 is 23.3 Å². The summed E-state index contributed by atoms with van der Waals surface area (Å²) in [5.74, 6) is -1.29. The largest absolute Gasteiger partial charge is 0.455 e. The molecule has 0 unspecified atom stereocenters. The number of ether oxygens (including phenoxy) is 1. The van der Waals surface area contributed by atoms with Crippen molar-refractivity contribution in [2.45, 2.75) is 32.1 Å². The standard InChI is InChI=1S/C22H25FN2O3/c23-18-7-5-17(6-8-18)15-22(27)28-16-21(26)24-19-9-11-20(12-10-19)25-13-3-1-2-4-14-25/h5-12H,1-4,13-16H2,(H,24,26). The quantitative estimate of drug-likeness (QED) is 0.767. The number of benzene rings is 2. The molecule has 148 valence electrons. The van der Waals surface area contributed by atoms with Crippen molar-refractivity contribution < 1.29 is 18.7 Å². The normalized spacial score (nSPS) is 14.2. The summed E-state index contributed by atoms with van der Waals surface area (Å²) in [7, 11) is 0. The Balaban J connectivity index is 1.43. The molecule has 1 amide bonds.